The summed E-state index contributed by atoms with van der Waals surface area (Å²) < 4.78 is 42.8. The highest BCUT2D eigenvalue weighted by Gasteiger charge is 2.31. The van der Waals surface area contributed by atoms with E-state index in [0.717, 1.165) is 23.5 Å². The molecule has 2 amide bonds. The van der Waals surface area contributed by atoms with E-state index >= 15 is 0 Å². The number of halogens is 4. The van der Waals surface area contributed by atoms with Gasteiger partial charge in [0.15, 0.2) is 6.61 Å². The minimum Gasteiger partial charge on any atom is -0.456 e. The zero-order valence-electron chi connectivity index (χ0n) is 14.8. The first-order valence-electron chi connectivity index (χ1n) is 7.97. The molecule has 2 rings (SSSR count). The van der Waals surface area contributed by atoms with Crippen molar-refractivity contribution in [2.24, 2.45) is 0 Å². The molecule has 29 heavy (non-hydrogen) atoms. The molecule has 8 nitrogen and oxygen atoms in total. The molecular formula is C16H14ClF3N4O4S. The molecule has 2 aromatic rings. The maximum absolute atomic E-state index is 12.7. The molecule has 0 atom stereocenters. The number of rotatable bonds is 7. The van der Waals surface area contributed by atoms with Gasteiger partial charge >= 0.3 is 12.1 Å². The Morgan fingerprint density at radius 2 is 1.86 bits per heavy atom. The Balaban J connectivity index is 1.77. The summed E-state index contributed by atoms with van der Waals surface area (Å²) in [5.41, 5.74) is -1.26. The molecule has 1 heterocycles. The van der Waals surface area contributed by atoms with Crippen LogP contribution in [0.3, 0.4) is 0 Å². The third-order valence-corrected chi connectivity index (χ3v) is 4.34. The van der Waals surface area contributed by atoms with E-state index in [4.69, 9.17) is 16.3 Å². The molecule has 156 valence electrons. The summed E-state index contributed by atoms with van der Waals surface area (Å²) in [5.74, 6) is -2.20. The van der Waals surface area contributed by atoms with Crippen LogP contribution in [0, 0.1) is 6.92 Å². The van der Waals surface area contributed by atoms with Gasteiger partial charge in [0.05, 0.1) is 22.7 Å². The van der Waals surface area contributed by atoms with Crippen molar-refractivity contribution >= 4 is 51.5 Å². The van der Waals surface area contributed by atoms with Crippen LogP contribution in [-0.4, -0.2) is 34.6 Å². The molecule has 0 saturated heterocycles. The number of nitrogens with one attached hydrogen (secondary N) is 2. The number of carbonyl (C=O) groups excluding carboxylic acids is 3. The lowest BCUT2D eigenvalue weighted by atomic mass is 10.2. The van der Waals surface area contributed by atoms with E-state index in [-0.39, 0.29) is 23.6 Å². The summed E-state index contributed by atoms with van der Waals surface area (Å²) in [6.07, 6.45) is -5.12. The third-order valence-electron chi connectivity index (χ3n) is 3.26. The number of amides is 2. The van der Waals surface area contributed by atoms with Crippen LogP contribution in [0.15, 0.2) is 18.2 Å². The largest absolute Gasteiger partial charge is 0.456 e. The van der Waals surface area contributed by atoms with Crippen molar-refractivity contribution in [2.45, 2.75) is 25.9 Å². The number of anilines is 2. The maximum atomic E-state index is 12.7. The second-order valence-corrected chi connectivity index (χ2v) is 7.16. The Kier molecular flexibility index (Phi) is 7.51. The van der Waals surface area contributed by atoms with Gasteiger partial charge in [-0.1, -0.05) is 22.9 Å². The third kappa shape index (κ3) is 7.31. The number of alkyl halides is 3. The molecule has 13 heteroatoms. The number of aryl methyl sites for hydroxylation is 1. The predicted molar refractivity (Wildman–Crippen MR) is 98.6 cm³/mol. The van der Waals surface area contributed by atoms with E-state index in [9.17, 15) is 27.6 Å². The molecule has 1 aromatic carbocycles. The van der Waals surface area contributed by atoms with E-state index in [1.54, 1.807) is 6.92 Å². The van der Waals surface area contributed by atoms with Crippen molar-refractivity contribution in [1.82, 2.24) is 10.2 Å². The number of hydrogen-bond donors (Lipinski definition) is 2. The van der Waals surface area contributed by atoms with Crippen LogP contribution in [0.4, 0.5) is 24.0 Å². The molecule has 0 aliphatic rings. The second kappa shape index (κ2) is 9.65. The van der Waals surface area contributed by atoms with E-state index in [2.05, 4.69) is 20.8 Å². The molecule has 0 aliphatic heterocycles. The number of benzene rings is 1. The van der Waals surface area contributed by atoms with Crippen molar-refractivity contribution in [1.29, 1.82) is 0 Å². The van der Waals surface area contributed by atoms with Gasteiger partial charge in [-0.25, -0.2) is 0 Å². The monoisotopic (exact) mass is 450 g/mol. The van der Waals surface area contributed by atoms with Gasteiger partial charge in [0.25, 0.3) is 5.91 Å². The van der Waals surface area contributed by atoms with Crippen molar-refractivity contribution in [3.63, 3.8) is 0 Å². The number of esters is 1. The topological polar surface area (TPSA) is 110 Å². The molecule has 0 radical (unpaired) electrons. The van der Waals surface area contributed by atoms with Crippen LogP contribution in [0.25, 0.3) is 0 Å². The Bertz CT molecular complexity index is 920. The number of carbonyl (C=O) groups is 3. The van der Waals surface area contributed by atoms with E-state index in [0.29, 0.717) is 16.2 Å². The molecule has 1 aromatic heterocycles. The SMILES string of the molecule is Cc1nnc(NC(=O)CCC(=O)OCC(=O)Nc2cc(C(F)(F)F)ccc2Cl)s1. The van der Waals surface area contributed by atoms with Gasteiger partial charge in [-0.3, -0.25) is 14.4 Å². The molecule has 0 bridgehead atoms. The van der Waals surface area contributed by atoms with Crippen LogP contribution in [0.2, 0.25) is 5.02 Å². The number of nitrogens with zero attached hydrogens (tertiary/aromatic N) is 2. The molecule has 0 saturated carbocycles. The summed E-state index contributed by atoms with van der Waals surface area (Å²) in [4.78, 5) is 35.1. The highest BCUT2D eigenvalue weighted by Crippen LogP contribution is 2.33. The molecule has 0 unspecified atom stereocenters. The van der Waals surface area contributed by atoms with Gasteiger partial charge in [-0.15, -0.1) is 10.2 Å². The van der Waals surface area contributed by atoms with Crippen LogP contribution < -0.4 is 10.6 Å². The quantitative estimate of drug-likeness (QED) is 0.625. The van der Waals surface area contributed by atoms with Gasteiger partial charge in [0, 0.05) is 6.42 Å². The number of aromatic nitrogens is 2. The molecular weight excluding hydrogens is 437 g/mol. The summed E-state index contributed by atoms with van der Waals surface area (Å²) in [6.45, 7) is 0.963. The van der Waals surface area contributed by atoms with Crippen LogP contribution in [-0.2, 0) is 25.3 Å². The van der Waals surface area contributed by atoms with E-state index in [1.807, 2.05) is 0 Å². The lowest BCUT2D eigenvalue weighted by molar-refractivity contribution is -0.147. The number of ether oxygens (including phenoxy) is 1. The normalized spacial score (nSPS) is 11.1. The van der Waals surface area contributed by atoms with Crippen LogP contribution in [0.5, 0.6) is 0 Å². The standard InChI is InChI=1S/C16H14ClF3N4O4S/c1-8-23-24-15(29-8)22-12(25)4-5-14(27)28-7-13(26)21-11-6-9(16(18,19)20)2-3-10(11)17/h2-3,6H,4-5,7H2,1H3,(H,21,26)(H,22,24,25). The molecule has 0 fully saturated rings. The average molecular weight is 451 g/mol. The summed E-state index contributed by atoms with van der Waals surface area (Å²) in [5, 5.41) is 12.8. The smallest absolute Gasteiger partial charge is 0.416 e. The Morgan fingerprint density at radius 3 is 2.48 bits per heavy atom. The highest BCUT2D eigenvalue weighted by molar-refractivity contribution is 7.15. The zero-order chi connectivity index (χ0) is 21.6. The zero-order valence-corrected chi connectivity index (χ0v) is 16.4. The molecule has 0 spiro atoms. The maximum Gasteiger partial charge on any atom is 0.416 e. The minimum absolute atomic E-state index is 0.110. The van der Waals surface area contributed by atoms with Crippen molar-refractivity contribution in [3.8, 4) is 0 Å². The fourth-order valence-electron chi connectivity index (χ4n) is 1.95. The van der Waals surface area contributed by atoms with Gasteiger partial charge in [-0.2, -0.15) is 13.2 Å². The van der Waals surface area contributed by atoms with Crippen molar-refractivity contribution in [2.75, 3.05) is 17.2 Å². The molecule has 2 N–H and O–H groups in total. The summed E-state index contributed by atoms with van der Waals surface area (Å²) in [6, 6.07) is 2.43. The van der Waals surface area contributed by atoms with Gasteiger partial charge < -0.3 is 15.4 Å². The first kappa shape index (κ1) is 22.6. The fourth-order valence-corrected chi connectivity index (χ4v) is 2.72. The van der Waals surface area contributed by atoms with Crippen LogP contribution >= 0.6 is 22.9 Å². The number of hydrogen-bond acceptors (Lipinski definition) is 7. The lowest BCUT2D eigenvalue weighted by Gasteiger charge is -2.11. The van der Waals surface area contributed by atoms with E-state index in [1.165, 1.54) is 0 Å². The van der Waals surface area contributed by atoms with Gasteiger partial charge in [-0.05, 0) is 25.1 Å². The van der Waals surface area contributed by atoms with Gasteiger partial charge in [0.1, 0.15) is 5.01 Å². The molecule has 0 aliphatic carbocycles. The van der Waals surface area contributed by atoms with Crippen molar-refractivity contribution in [3.05, 3.63) is 33.8 Å². The Morgan fingerprint density at radius 1 is 1.14 bits per heavy atom. The van der Waals surface area contributed by atoms with E-state index < -0.39 is 36.1 Å². The Labute approximate surface area is 171 Å². The average Bonchev–Trinajstić information content (AvgIpc) is 3.03. The second-order valence-electron chi connectivity index (χ2n) is 5.58. The van der Waals surface area contributed by atoms with Crippen molar-refractivity contribution < 1.29 is 32.3 Å². The lowest BCUT2D eigenvalue weighted by Crippen LogP contribution is -2.22. The fraction of sp³-hybridized carbons (Fsp3) is 0.312. The highest BCUT2D eigenvalue weighted by atomic mass is 35.5. The Hall–Kier alpha value is -2.73. The first-order valence-corrected chi connectivity index (χ1v) is 9.16. The minimum atomic E-state index is -4.61. The summed E-state index contributed by atoms with van der Waals surface area (Å²) in [7, 11) is 0. The first-order chi connectivity index (χ1) is 13.5. The summed E-state index contributed by atoms with van der Waals surface area (Å²) >= 11 is 6.93. The van der Waals surface area contributed by atoms with Gasteiger partial charge in [0.2, 0.25) is 11.0 Å². The van der Waals surface area contributed by atoms with Crippen LogP contribution in [0.1, 0.15) is 23.4 Å². The predicted octanol–water partition coefficient (Wildman–Crippen LogP) is 3.42.